The van der Waals surface area contributed by atoms with Gasteiger partial charge >= 0.3 is 0 Å². The van der Waals surface area contributed by atoms with E-state index in [1.54, 1.807) is 0 Å². The van der Waals surface area contributed by atoms with E-state index >= 15 is 0 Å². The Balaban J connectivity index is 1.56. The number of fused-ring (bicyclic) bond motifs is 5. The number of para-hydroxylation sites is 1. The number of ketones is 1. The Morgan fingerprint density at radius 1 is 1.00 bits per heavy atom. The number of benzene rings is 2. The van der Waals surface area contributed by atoms with Crippen LogP contribution in [0.25, 0.3) is 0 Å². The minimum Gasteiger partial charge on any atom is -0.292 e. The molecule has 2 aromatic rings. The fourth-order valence-electron chi connectivity index (χ4n) is 5.06. The Labute approximate surface area is 152 Å². The van der Waals surface area contributed by atoms with Crippen LogP contribution in [0.3, 0.4) is 0 Å². The molecule has 1 saturated heterocycles. The fourth-order valence-corrected chi connectivity index (χ4v) is 5.53. The van der Waals surface area contributed by atoms with Crippen molar-refractivity contribution in [1.29, 1.82) is 0 Å². The molecule has 4 heteroatoms. The second-order valence-corrected chi connectivity index (χ2v) is 7.96. The van der Waals surface area contributed by atoms with Crippen LogP contribution >= 0.6 is 11.6 Å². The molecule has 0 amide bonds. The molecule has 2 aliphatic carbocycles. The maximum absolute atomic E-state index is 13.4. The van der Waals surface area contributed by atoms with E-state index in [2.05, 4.69) is 0 Å². The van der Waals surface area contributed by atoms with Gasteiger partial charge in [-0.3, -0.25) is 9.63 Å². The fraction of sp³-hybridized carbons (Fsp3) is 0.381. The zero-order chi connectivity index (χ0) is 17.0. The Kier molecular flexibility index (Phi) is 3.61. The molecule has 0 aromatic heterocycles. The Hall–Kier alpha value is -1.84. The van der Waals surface area contributed by atoms with E-state index in [0.29, 0.717) is 11.8 Å². The lowest BCUT2D eigenvalue weighted by molar-refractivity contribution is 0.0371. The van der Waals surface area contributed by atoms with Gasteiger partial charge < -0.3 is 0 Å². The highest BCUT2D eigenvalue weighted by molar-refractivity contribution is 6.21. The van der Waals surface area contributed by atoms with Gasteiger partial charge in [-0.05, 0) is 30.9 Å². The number of anilines is 1. The molecule has 25 heavy (non-hydrogen) atoms. The van der Waals surface area contributed by atoms with E-state index in [0.717, 1.165) is 24.1 Å². The predicted octanol–water partition coefficient (Wildman–Crippen LogP) is 4.32. The molecule has 2 aromatic carbocycles. The first-order valence-corrected chi connectivity index (χ1v) is 9.42. The molecule has 3 aliphatic rings. The van der Waals surface area contributed by atoms with Gasteiger partial charge in [0.15, 0.2) is 5.78 Å². The van der Waals surface area contributed by atoms with Gasteiger partial charge in [0.1, 0.15) is 6.04 Å². The largest absolute Gasteiger partial charge is 0.292 e. The molecule has 128 valence electrons. The minimum absolute atomic E-state index is 0.0547. The smallest absolute Gasteiger partial charge is 0.188 e. The van der Waals surface area contributed by atoms with Gasteiger partial charge in [0, 0.05) is 22.8 Å². The normalized spacial score (nSPS) is 35.8. The number of nitrogens with zero attached hydrogens (tertiary/aromatic N) is 1. The summed E-state index contributed by atoms with van der Waals surface area (Å²) in [4.78, 5) is 19.7. The van der Waals surface area contributed by atoms with Gasteiger partial charge in [-0.2, -0.15) is 0 Å². The maximum atomic E-state index is 13.4. The quantitative estimate of drug-likeness (QED) is 0.608. The highest BCUT2D eigenvalue weighted by Gasteiger charge is 2.62. The number of carbonyl (C=O) groups is 1. The van der Waals surface area contributed by atoms with Crippen molar-refractivity contribution in [3.8, 4) is 0 Å². The van der Waals surface area contributed by atoms with Crippen molar-refractivity contribution < 1.29 is 9.63 Å². The van der Waals surface area contributed by atoms with E-state index in [4.69, 9.17) is 16.4 Å². The lowest BCUT2D eigenvalue weighted by atomic mass is 9.79. The molecule has 3 nitrogen and oxygen atoms in total. The summed E-state index contributed by atoms with van der Waals surface area (Å²) in [5, 5.41) is 2.04. The monoisotopic (exact) mass is 353 g/mol. The molecule has 0 unspecified atom stereocenters. The Bertz CT molecular complexity index is 781. The molecule has 3 fully saturated rings. The third-order valence-corrected chi connectivity index (χ3v) is 6.61. The molecule has 1 heterocycles. The van der Waals surface area contributed by atoms with E-state index in [-0.39, 0.29) is 29.2 Å². The number of rotatable bonds is 3. The van der Waals surface area contributed by atoms with Gasteiger partial charge in [0.25, 0.3) is 0 Å². The summed E-state index contributed by atoms with van der Waals surface area (Å²) in [6, 6.07) is 19.3. The number of hydrogen-bond donors (Lipinski definition) is 0. The summed E-state index contributed by atoms with van der Waals surface area (Å²) in [6.07, 6.45) is 2.14. The van der Waals surface area contributed by atoms with E-state index in [1.165, 1.54) is 0 Å². The van der Waals surface area contributed by atoms with Gasteiger partial charge in [0.2, 0.25) is 0 Å². The molecular formula is C21H20ClNO2. The second-order valence-electron chi connectivity index (χ2n) is 7.40. The van der Waals surface area contributed by atoms with Crippen LogP contribution < -0.4 is 5.06 Å². The van der Waals surface area contributed by atoms with Crippen molar-refractivity contribution in [1.82, 2.24) is 0 Å². The summed E-state index contributed by atoms with van der Waals surface area (Å²) in [6.45, 7) is 0. The van der Waals surface area contributed by atoms with Crippen LogP contribution in [0.5, 0.6) is 0 Å². The standard InChI is InChI=1S/C21H20ClNO2/c22-17-12-14-11-16(17)21-18(14)19(20(24)13-7-3-1-4-8-13)23(25-21)15-9-5-2-6-10-15/h1-10,14,16-19,21H,11-12H2/t14-,16+,17+,18+,19-,21+/m1/s1. The van der Waals surface area contributed by atoms with E-state index in [1.807, 2.05) is 65.7 Å². The first-order valence-electron chi connectivity index (χ1n) is 8.98. The predicted molar refractivity (Wildman–Crippen MR) is 97.7 cm³/mol. The van der Waals surface area contributed by atoms with Gasteiger partial charge in [-0.25, -0.2) is 5.06 Å². The molecule has 1 aliphatic heterocycles. The first-order chi connectivity index (χ1) is 12.2. The number of carbonyl (C=O) groups excluding carboxylic acids is 1. The van der Waals surface area contributed by atoms with Crippen LogP contribution in [-0.4, -0.2) is 23.3 Å². The average Bonchev–Trinajstić information content (AvgIpc) is 3.32. The highest BCUT2D eigenvalue weighted by Crippen LogP contribution is 2.57. The van der Waals surface area contributed by atoms with Crippen LogP contribution in [0.15, 0.2) is 60.7 Å². The zero-order valence-corrected chi connectivity index (χ0v) is 14.5. The SMILES string of the molecule is O=C(c1ccccc1)[C@H]1[C@@H]2[C@@H]3C[C@H]([C@@H]2ON1c1ccccc1)[C@@H](Cl)C3. The summed E-state index contributed by atoms with van der Waals surface area (Å²) in [7, 11) is 0. The minimum atomic E-state index is -0.269. The van der Waals surface area contributed by atoms with Gasteiger partial charge in [-0.1, -0.05) is 48.5 Å². The number of hydrogen-bond acceptors (Lipinski definition) is 3. The Morgan fingerprint density at radius 2 is 1.68 bits per heavy atom. The van der Waals surface area contributed by atoms with Crippen LogP contribution in [0.2, 0.25) is 0 Å². The van der Waals surface area contributed by atoms with Gasteiger partial charge in [0.05, 0.1) is 11.8 Å². The molecule has 2 bridgehead atoms. The van der Waals surface area contributed by atoms with Crippen LogP contribution in [0.1, 0.15) is 23.2 Å². The third kappa shape index (κ3) is 2.33. The van der Waals surface area contributed by atoms with Crippen LogP contribution in [-0.2, 0) is 4.84 Å². The van der Waals surface area contributed by atoms with E-state index < -0.39 is 0 Å². The zero-order valence-electron chi connectivity index (χ0n) is 13.8. The molecule has 6 atom stereocenters. The summed E-state index contributed by atoms with van der Waals surface area (Å²) in [5.41, 5.74) is 1.69. The second kappa shape index (κ2) is 5.86. The van der Waals surface area contributed by atoms with Crippen molar-refractivity contribution >= 4 is 23.1 Å². The maximum Gasteiger partial charge on any atom is 0.188 e. The van der Waals surface area contributed by atoms with Crippen molar-refractivity contribution in [3.05, 3.63) is 66.2 Å². The number of alkyl halides is 1. The third-order valence-electron chi connectivity index (χ3n) is 6.10. The lowest BCUT2D eigenvalue weighted by Gasteiger charge is -2.28. The summed E-state index contributed by atoms with van der Waals surface area (Å²) >= 11 is 6.53. The van der Waals surface area contributed by atoms with E-state index in [9.17, 15) is 4.79 Å². The first kappa shape index (κ1) is 15.4. The Morgan fingerprint density at radius 3 is 2.40 bits per heavy atom. The molecule has 5 rings (SSSR count). The van der Waals surface area contributed by atoms with Crippen molar-refractivity contribution in [2.24, 2.45) is 17.8 Å². The van der Waals surface area contributed by atoms with Crippen molar-refractivity contribution in [2.45, 2.75) is 30.4 Å². The topological polar surface area (TPSA) is 29.5 Å². The van der Waals surface area contributed by atoms with Crippen LogP contribution in [0, 0.1) is 17.8 Å². The molecule has 0 N–H and O–H groups in total. The van der Waals surface area contributed by atoms with Gasteiger partial charge in [-0.15, -0.1) is 11.6 Å². The van der Waals surface area contributed by atoms with Crippen molar-refractivity contribution in [2.75, 3.05) is 5.06 Å². The van der Waals surface area contributed by atoms with Crippen molar-refractivity contribution in [3.63, 3.8) is 0 Å². The summed E-state index contributed by atoms with van der Waals surface area (Å²) < 4.78 is 0. The molecule has 2 saturated carbocycles. The number of halogens is 1. The molecular weight excluding hydrogens is 334 g/mol. The average molecular weight is 354 g/mol. The lowest BCUT2D eigenvalue weighted by Crippen LogP contribution is -2.42. The highest BCUT2D eigenvalue weighted by atomic mass is 35.5. The number of hydroxylamine groups is 1. The molecule has 0 spiro atoms. The van der Waals surface area contributed by atoms with Crippen LogP contribution in [0.4, 0.5) is 5.69 Å². The number of Topliss-reactive ketones (excluding diaryl/α,β-unsaturated/α-hetero) is 1. The summed E-state index contributed by atoms with van der Waals surface area (Å²) in [5.74, 6) is 1.21. The molecule has 0 radical (unpaired) electrons.